The molecule has 1 heterocycles. The lowest BCUT2D eigenvalue weighted by atomic mass is 10.1. The predicted octanol–water partition coefficient (Wildman–Crippen LogP) is 5.63. The van der Waals surface area contributed by atoms with E-state index >= 15 is 0 Å². The van der Waals surface area contributed by atoms with Gasteiger partial charge in [-0.05, 0) is 36.4 Å². The molecule has 0 saturated heterocycles. The Bertz CT molecular complexity index is 948. The zero-order chi connectivity index (χ0) is 18.0. The number of nitrogens with one attached hydrogen (secondary N) is 1. The number of ether oxygens (including phenoxy) is 1. The van der Waals surface area contributed by atoms with Crippen LogP contribution in [0.1, 0.15) is 10.4 Å². The lowest BCUT2D eigenvalue weighted by Crippen LogP contribution is -2.12. The number of nitrogens with zero attached hydrogens (tertiary/aromatic N) is 1. The predicted molar refractivity (Wildman–Crippen MR) is 101 cm³/mol. The van der Waals surface area contributed by atoms with Crippen LogP contribution in [0.3, 0.4) is 0 Å². The molecule has 3 rings (SSSR count). The molecule has 0 aliphatic rings. The van der Waals surface area contributed by atoms with Gasteiger partial charge in [-0.1, -0.05) is 27.5 Å². The van der Waals surface area contributed by atoms with E-state index in [1.165, 1.54) is 30.6 Å². The van der Waals surface area contributed by atoms with Crippen LogP contribution in [0.15, 0.2) is 46.3 Å². The standard InChI is InChI=1S/C17H11BrClFN2O2S/c1-24-15-5-2-9(6-13(15)20)14-8-25-17(21-14)22-16(23)11-7-10(18)3-4-12(11)19/h2-8H,1H3,(H,21,22,23). The summed E-state index contributed by atoms with van der Waals surface area (Å²) in [7, 11) is 1.40. The van der Waals surface area contributed by atoms with Crippen molar-refractivity contribution in [1.29, 1.82) is 0 Å². The van der Waals surface area contributed by atoms with Gasteiger partial charge in [0.05, 0.1) is 23.4 Å². The van der Waals surface area contributed by atoms with Crippen LogP contribution in [0.5, 0.6) is 5.75 Å². The summed E-state index contributed by atoms with van der Waals surface area (Å²) in [6, 6.07) is 9.58. The van der Waals surface area contributed by atoms with Gasteiger partial charge in [0.15, 0.2) is 16.7 Å². The Morgan fingerprint density at radius 2 is 2.12 bits per heavy atom. The summed E-state index contributed by atoms with van der Waals surface area (Å²) >= 11 is 10.6. The number of halogens is 3. The Balaban J connectivity index is 1.81. The average Bonchev–Trinajstić information content (AvgIpc) is 3.05. The first-order valence-corrected chi connectivity index (χ1v) is 9.09. The zero-order valence-electron chi connectivity index (χ0n) is 12.8. The highest BCUT2D eigenvalue weighted by atomic mass is 79.9. The smallest absolute Gasteiger partial charge is 0.258 e. The molecule has 0 saturated carbocycles. The number of carbonyl (C=O) groups excluding carboxylic acids is 1. The molecule has 0 bridgehead atoms. The number of amides is 1. The highest BCUT2D eigenvalue weighted by Crippen LogP contribution is 2.29. The summed E-state index contributed by atoms with van der Waals surface area (Å²) in [5.74, 6) is -0.676. The summed E-state index contributed by atoms with van der Waals surface area (Å²) in [5, 5.41) is 5.17. The fourth-order valence-electron chi connectivity index (χ4n) is 2.13. The number of hydrogen-bond donors (Lipinski definition) is 1. The van der Waals surface area contributed by atoms with Gasteiger partial charge in [-0.15, -0.1) is 11.3 Å². The quantitative estimate of drug-likeness (QED) is 0.571. The number of anilines is 1. The van der Waals surface area contributed by atoms with Gasteiger partial charge in [-0.2, -0.15) is 0 Å². The second kappa shape index (κ2) is 7.51. The average molecular weight is 442 g/mol. The lowest BCUT2D eigenvalue weighted by Gasteiger charge is -2.05. The Morgan fingerprint density at radius 3 is 2.84 bits per heavy atom. The molecule has 25 heavy (non-hydrogen) atoms. The summed E-state index contributed by atoms with van der Waals surface area (Å²) in [6.07, 6.45) is 0. The van der Waals surface area contributed by atoms with E-state index in [0.29, 0.717) is 27.0 Å². The minimum atomic E-state index is -0.473. The molecule has 0 spiro atoms. The fourth-order valence-corrected chi connectivity index (χ4v) is 3.40. The van der Waals surface area contributed by atoms with Crippen LogP contribution in [-0.2, 0) is 0 Å². The van der Waals surface area contributed by atoms with Crippen LogP contribution >= 0.6 is 38.9 Å². The zero-order valence-corrected chi connectivity index (χ0v) is 16.0. The van der Waals surface area contributed by atoms with Gasteiger partial charge >= 0.3 is 0 Å². The van der Waals surface area contributed by atoms with Crippen LogP contribution < -0.4 is 10.1 Å². The van der Waals surface area contributed by atoms with Gasteiger partial charge in [0.1, 0.15) is 0 Å². The highest BCUT2D eigenvalue weighted by Gasteiger charge is 2.14. The molecule has 0 aliphatic carbocycles. The van der Waals surface area contributed by atoms with Crippen molar-refractivity contribution < 1.29 is 13.9 Å². The molecule has 128 valence electrons. The van der Waals surface area contributed by atoms with Crippen LogP contribution in [-0.4, -0.2) is 18.0 Å². The number of benzene rings is 2. The number of thiazole rings is 1. The van der Waals surface area contributed by atoms with Gasteiger partial charge in [0.25, 0.3) is 5.91 Å². The third kappa shape index (κ3) is 4.00. The molecule has 8 heteroatoms. The maximum atomic E-state index is 13.8. The Kier molecular flexibility index (Phi) is 5.36. The molecular formula is C17H11BrClFN2O2S. The number of aromatic nitrogens is 1. The molecule has 3 aromatic rings. The molecular weight excluding hydrogens is 431 g/mol. The number of rotatable bonds is 4. The minimum absolute atomic E-state index is 0.164. The fraction of sp³-hybridized carbons (Fsp3) is 0.0588. The highest BCUT2D eigenvalue weighted by molar-refractivity contribution is 9.10. The third-order valence-electron chi connectivity index (χ3n) is 3.35. The number of methoxy groups -OCH3 is 1. The second-order valence-corrected chi connectivity index (χ2v) is 7.15. The van der Waals surface area contributed by atoms with E-state index in [-0.39, 0.29) is 11.7 Å². The summed E-state index contributed by atoms with van der Waals surface area (Å²) in [5.41, 5.74) is 1.49. The van der Waals surface area contributed by atoms with Crippen LogP contribution in [0.4, 0.5) is 9.52 Å². The normalized spacial score (nSPS) is 10.6. The molecule has 0 fully saturated rings. The van der Waals surface area contributed by atoms with Crippen molar-refractivity contribution in [2.75, 3.05) is 12.4 Å². The van der Waals surface area contributed by atoms with E-state index in [1.54, 1.807) is 29.6 Å². The van der Waals surface area contributed by atoms with Gasteiger partial charge in [0.2, 0.25) is 0 Å². The first-order chi connectivity index (χ1) is 12.0. The van der Waals surface area contributed by atoms with Crippen molar-refractivity contribution in [2.45, 2.75) is 0 Å². The second-order valence-electron chi connectivity index (χ2n) is 4.97. The van der Waals surface area contributed by atoms with Crippen molar-refractivity contribution >= 4 is 49.9 Å². The summed E-state index contributed by atoms with van der Waals surface area (Å²) in [6.45, 7) is 0. The van der Waals surface area contributed by atoms with Crippen molar-refractivity contribution in [1.82, 2.24) is 4.98 Å². The van der Waals surface area contributed by atoms with Crippen molar-refractivity contribution in [3.63, 3.8) is 0 Å². The first-order valence-electron chi connectivity index (χ1n) is 7.04. The SMILES string of the molecule is COc1ccc(-c2csc(NC(=O)c3cc(Br)ccc3Cl)n2)cc1F. The monoisotopic (exact) mass is 440 g/mol. The van der Waals surface area contributed by atoms with Crippen LogP contribution in [0.2, 0.25) is 5.02 Å². The molecule has 1 amide bonds. The van der Waals surface area contributed by atoms with E-state index < -0.39 is 5.82 Å². The Hall–Kier alpha value is -1.96. The molecule has 0 radical (unpaired) electrons. The molecule has 0 aliphatic heterocycles. The van der Waals surface area contributed by atoms with Crippen LogP contribution in [0, 0.1) is 5.82 Å². The van der Waals surface area contributed by atoms with E-state index in [1.807, 2.05) is 0 Å². The number of carbonyl (C=O) groups is 1. The van der Waals surface area contributed by atoms with Gasteiger partial charge in [-0.25, -0.2) is 9.37 Å². The Labute approximate surface area is 160 Å². The minimum Gasteiger partial charge on any atom is -0.494 e. The first kappa shape index (κ1) is 17.8. The van der Waals surface area contributed by atoms with Crippen molar-refractivity contribution in [3.05, 3.63) is 62.7 Å². The summed E-state index contributed by atoms with van der Waals surface area (Å²) in [4.78, 5) is 16.7. The lowest BCUT2D eigenvalue weighted by molar-refractivity contribution is 0.102. The molecule has 0 unspecified atom stereocenters. The van der Waals surface area contributed by atoms with Gasteiger partial charge in [-0.3, -0.25) is 10.1 Å². The third-order valence-corrected chi connectivity index (χ3v) is 4.93. The maximum Gasteiger partial charge on any atom is 0.258 e. The molecule has 4 nitrogen and oxygen atoms in total. The summed E-state index contributed by atoms with van der Waals surface area (Å²) < 4.78 is 19.5. The van der Waals surface area contributed by atoms with Crippen molar-refractivity contribution in [2.24, 2.45) is 0 Å². The van der Waals surface area contributed by atoms with Crippen LogP contribution in [0.25, 0.3) is 11.3 Å². The van der Waals surface area contributed by atoms with E-state index in [0.717, 1.165) is 4.47 Å². The molecule has 2 aromatic carbocycles. The van der Waals surface area contributed by atoms with E-state index in [4.69, 9.17) is 16.3 Å². The van der Waals surface area contributed by atoms with Gasteiger partial charge in [0, 0.05) is 15.4 Å². The van der Waals surface area contributed by atoms with Gasteiger partial charge < -0.3 is 4.74 Å². The molecule has 1 aromatic heterocycles. The topological polar surface area (TPSA) is 51.2 Å². The molecule has 1 N–H and O–H groups in total. The largest absolute Gasteiger partial charge is 0.494 e. The van der Waals surface area contributed by atoms with Crippen molar-refractivity contribution in [3.8, 4) is 17.0 Å². The maximum absolute atomic E-state index is 13.8. The Morgan fingerprint density at radius 1 is 1.32 bits per heavy atom. The van der Waals surface area contributed by atoms with E-state index in [9.17, 15) is 9.18 Å². The molecule has 0 atom stereocenters. The van der Waals surface area contributed by atoms with E-state index in [2.05, 4.69) is 26.2 Å². The number of hydrogen-bond acceptors (Lipinski definition) is 4.